The number of H-pyrrole nitrogens is 1. The number of allylic oxidation sites excluding steroid dienone is 1. The van der Waals surface area contributed by atoms with Crippen LogP contribution in [0.15, 0.2) is 35.0 Å². The van der Waals surface area contributed by atoms with Gasteiger partial charge in [-0.05, 0) is 38.0 Å². The topological polar surface area (TPSA) is 58.2 Å². The lowest BCUT2D eigenvalue weighted by Crippen LogP contribution is -2.31. The summed E-state index contributed by atoms with van der Waals surface area (Å²) in [7, 11) is 0. The van der Waals surface area contributed by atoms with Crippen molar-refractivity contribution in [2.24, 2.45) is 0 Å². The van der Waals surface area contributed by atoms with E-state index in [1.54, 1.807) is 11.8 Å². The summed E-state index contributed by atoms with van der Waals surface area (Å²) in [4.78, 5) is 21.7. The fraction of sp³-hybridized carbons (Fsp3) is 0.333. The van der Waals surface area contributed by atoms with Gasteiger partial charge in [0.25, 0.3) is 0 Å². The molecule has 0 aliphatic carbocycles. The van der Waals surface area contributed by atoms with Crippen molar-refractivity contribution in [2.75, 3.05) is 6.54 Å². The molecule has 1 aromatic heterocycles. The van der Waals surface area contributed by atoms with Crippen molar-refractivity contribution < 1.29 is 9.53 Å². The van der Waals surface area contributed by atoms with Gasteiger partial charge in [0.15, 0.2) is 0 Å². The molecule has 0 unspecified atom stereocenters. The maximum absolute atomic E-state index is 12.1. The molecule has 1 fully saturated rings. The second-order valence-corrected chi connectivity index (χ2v) is 6.12. The van der Waals surface area contributed by atoms with Gasteiger partial charge in [-0.1, -0.05) is 22.5 Å². The highest BCUT2D eigenvalue weighted by Crippen LogP contribution is 2.32. The Bertz CT molecular complexity index is 710. The number of hydrogen-bond acceptors (Lipinski definition) is 3. The number of halogens is 1. The predicted octanol–water partition coefficient (Wildman–Crippen LogP) is 4.13. The molecule has 110 valence electrons. The molecule has 0 spiro atoms. The molecule has 3 rings (SSSR count). The first kappa shape index (κ1) is 14.1. The molecule has 1 N–H and O–H groups in total. The number of imidazole rings is 1. The van der Waals surface area contributed by atoms with Crippen molar-refractivity contribution in [3.8, 4) is 0 Å². The van der Waals surface area contributed by atoms with Gasteiger partial charge in [-0.3, -0.25) is 4.90 Å². The zero-order chi connectivity index (χ0) is 15.0. The zero-order valence-corrected chi connectivity index (χ0v) is 13.3. The van der Waals surface area contributed by atoms with Crippen molar-refractivity contribution in [1.82, 2.24) is 14.9 Å². The lowest BCUT2D eigenvalue weighted by molar-refractivity contribution is 0.123. The van der Waals surface area contributed by atoms with Crippen molar-refractivity contribution in [1.29, 1.82) is 0 Å². The molecule has 1 atom stereocenters. The minimum absolute atomic E-state index is 0.0666. The third kappa shape index (κ3) is 2.81. The molecular formula is C15H16BrN3O2. The van der Waals surface area contributed by atoms with Gasteiger partial charge in [-0.2, -0.15) is 0 Å². The van der Waals surface area contributed by atoms with E-state index in [0.717, 1.165) is 34.2 Å². The van der Waals surface area contributed by atoms with Gasteiger partial charge in [0.05, 0.1) is 22.8 Å². The first-order valence-electron chi connectivity index (χ1n) is 6.84. The highest BCUT2D eigenvalue weighted by molar-refractivity contribution is 9.10. The van der Waals surface area contributed by atoms with Gasteiger partial charge in [-0.15, -0.1) is 0 Å². The number of likely N-dealkylation sites (tertiary alicyclic amines) is 1. The number of carbonyl (C=O) groups excluding carboxylic acids is 1. The van der Waals surface area contributed by atoms with Gasteiger partial charge in [-0.25, -0.2) is 9.78 Å². The number of amides is 1. The maximum Gasteiger partial charge on any atom is 0.415 e. The van der Waals surface area contributed by atoms with Gasteiger partial charge in [0.2, 0.25) is 0 Å². The summed E-state index contributed by atoms with van der Waals surface area (Å²) in [6.07, 6.45) is 1.47. The van der Waals surface area contributed by atoms with Crippen LogP contribution in [0.25, 0.3) is 11.0 Å². The number of aromatic nitrogens is 2. The van der Waals surface area contributed by atoms with E-state index in [2.05, 4.69) is 32.5 Å². The van der Waals surface area contributed by atoms with E-state index < -0.39 is 0 Å². The van der Waals surface area contributed by atoms with Crippen molar-refractivity contribution in [2.45, 2.75) is 25.8 Å². The molecule has 2 heterocycles. The molecule has 1 saturated heterocycles. The molecule has 0 radical (unpaired) electrons. The molecule has 21 heavy (non-hydrogen) atoms. The molecule has 0 saturated carbocycles. The summed E-state index contributed by atoms with van der Waals surface area (Å²) in [6.45, 7) is 5.96. The Kier molecular flexibility index (Phi) is 3.71. The fourth-order valence-electron chi connectivity index (χ4n) is 2.64. The molecule has 6 heteroatoms. The van der Waals surface area contributed by atoms with E-state index in [9.17, 15) is 4.79 Å². The largest absolute Gasteiger partial charge is 0.416 e. The second kappa shape index (κ2) is 5.52. The Morgan fingerprint density at radius 3 is 3.14 bits per heavy atom. The Balaban J connectivity index is 1.89. The number of nitrogens with zero attached hydrogens (tertiary/aromatic N) is 2. The number of nitrogens with one attached hydrogen (secondary N) is 1. The number of aromatic amines is 1. The number of hydrogen-bond donors (Lipinski definition) is 1. The smallest absolute Gasteiger partial charge is 0.415 e. The number of benzene rings is 1. The molecule has 1 aliphatic rings. The van der Waals surface area contributed by atoms with Crippen LogP contribution in [0, 0.1) is 0 Å². The lowest BCUT2D eigenvalue weighted by Gasteiger charge is -2.22. The third-order valence-electron chi connectivity index (χ3n) is 3.53. The maximum atomic E-state index is 12.1. The predicted molar refractivity (Wildman–Crippen MR) is 83.8 cm³/mol. The van der Waals surface area contributed by atoms with E-state index in [1.807, 2.05) is 18.2 Å². The first-order valence-corrected chi connectivity index (χ1v) is 7.63. The van der Waals surface area contributed by atoms with Crippen LogP contribution >= 0.6 is 15.9 Å². The minimum Gasteiger partial charge on any atom is -0.416 e. The molecule has 0 bridgehead atoms. The first-order chi connectivity index (χ1) is 10.0. The van der Waals surface area contributed by atoms with E-state index in [4.69, 9.17) is 4.74 Å². The lowest BCUT2D eigenvalue weighted by atomic mass is 10.2. The van der Waals surface area contributed by atoms with Crippen molar-refractivity contribution in [3.63, 3.8) is 0 Å². The van der Waals surface area contributed by atoms with Crippen LogP contribution in [0.4, 0.5) is 4.79 Å². The Morgan fingerprint density at radius 1 is 1.57 bits per heavy atom. The Labute approximate surface area is 131 Å². The SMILES string of the molecule is C=C(C)OC(=O)N1CCC[C@H]1c1nc2ccc(Br)cc2[nH]1. The Hall–Kier alpha value is -1.82. The van der Waals surface area contributed by atoms with E-state index in [-0.39, 0.29) is 12.1 Å². The van der Waals surface area contributed by atoms with Crippen molar-refractivity contribution in [3.05, 3.63) is 40.8 Å². The summed E-state index contributed by atoms with van der Waals surface area (Å²) in [6, 6.07) is 5.82. The van der Waals surface area contributed by atoms with Crippen molar-refractivity contribution >= 4 is 33.1 Å². The molecule has 5 nitrogen and oxygen atoms in total. The summed E-state index contributed by atoms with van der Waals surface area (Å²) in [5, 5.41) is 0. The molecular weight excluding hydrogens is 334 g/mol. The molecule has 1 aliphatic heterocycles. The second-order valence-electron chi connectivity index (χ2n) is 5.20. The average molecular weight is 350 g/mol. The van der Waals surface area contributed by atoms with E-state index in [0.29, 0.717) is 12.3 Å². The van der Waals surface area contributed by atoms with Gasteiger partial charge in [0, 0.05) is 11.0 Å². The number of rotatable bonds is 2. The van der Waals surface area contributed by atoms with Gasteiger partial charge >= 0.3 is 6.09 Å². The van der Waals surface area contributed by atoms with Crippen LogP contribution in [0.1, 0.15) is 31.6 Å². The zero-order valence-electron chi connectivity index (χ0n) is 11.7. The summed E-state index contributed by atoms with van der Waals surface area (Å²) in [5.74, 6) is 1.21. The van der Waals surface area contributed by atoms with Crippen LogP contribution in [0.2, 0.25) is 0 Å². The highest BCUT2D eigenvalue weighted by Gasteiger charge is 2.33. The van der Waals surface area contributed by atoms with Crippen LogP contribution in [-0.4, -0.2) is 27.5 Å². The number of ether oxygens (including phenoxy) is 1. The number of fused-ring (bicyclic) bond motifs is 1. The fourth-order valence-corrected chi connectivity index (χ4v) is 3.00. The monoisotopic (exact) mass is 349 g/mol. The van der Waals surface area contributed by atoms with Crippen LogP contribution in [-0.2, 0) is 4.74 Å². The summed E-state index contributed by atoms with van der Waals surface area (Å²) in [5.41, 5.74) is 1.85. The Morgan fingerprint density at radius 2 is 2.38 bits per heavy atom. The van der Waals surface area contributed by atoms with Gasteiger partial charge < -0.3 is 9.72 Å². The standard InChI is InChI=1S/C15H16BrN3O2/c1-9(2)21-15(20)19-7-3-4-13(19)14-17-11-6-5-10(16)8-12(11)18-14/h5-6,8,13H,1,3-4,7H2,2H3,(H,17,18)/t13-/m0/s1. The molecule has 1 aromatic carbocycles. The highest BCUT2D eigenvalue weighted by atomic mass is 79.9. The van der Waals surface area contributed by atoms with E-state index >= 15 is 0 Å². The van der Waals surface area contributed by atoms with Crippen LogP contribution < -0.4 is 0 Å². The quantitative estimate of drug-likeness (QED) is 0.829. The van der Waals surface area contributed by atoms with Gasteiger partial charge in [0.1, 0.15) is 5.82 Å². The molecule has 1 amide bonds. The van der Waals surface area contributed by atoms with E-state index in [1.165, 1.54) is 0 Å². The normalized spacial score (nSPS) is 18.2. The molecule has 2 aromatic rings. The summed E-state index contributed by atoms with van der Waals surface area (Å²) >= 11 is 3.45. The van der Waals surface area contributed by atoms with Crippen LogP contribution in [0.5, 0.6) is 0 Å². The average Bonchev–Trinajstić information content (AvgIpc) is 3.02. The summed E-state index contributed by atoms with van der Waals surface area (Å²) < 4.78 is 6.12. The van der Waals surface area contributed by atoms with Crippen LogP contribution in [0.3, 0.4) is 0 Å². The number of carbonyl (C=O) groups is 1. The third-order valence-corrected chi connectivity index (χ3v) is 4.02. The minimum atomic E-state index is -0.355.